The number of nitrogens with two attached hydrogens (primary N) is 1. The zero-order valence-corrected chi connectivity index (χ0v) is 21.0. The molecule has 7 nitrogen and oxygen atoms in total. The number of hydrazine groups is 1. The number of aliphatic imine (C=N–C) groups is 1. The molecule has 35 heavy (non-hydrogen) atoms. The Morgan fingerprint density at radius 2 is 1.77 bits per heavy atom. The molecule has 0 aliphatic carbocycles. The molecule has 3 aliphatic rings. The van der Waals surface area contributed by atoms with Crippen LogP contribution in [0.1, 0.15) is 55.8 Å². The van der Waals surface area contributed by atoms with Gasteiger partial charge in [-0.3, -0.25) is 4.79 Å². The Labute approximate surface area is 207 Å². The van der Waals surface area contributed by atoms with Gasteiger partial charge in [-0.25, -0.2) is 15.0 Å². The number of carbonyl (C=O) groups excluding carboxylic acids is 1. The summed E-state index contributed by atoms with van der Waals surface area (Å²) in [6, 6.07) is 16.4. The van der Waals surface area contributed by atoms with Crippen molar-refractivity contribution in [2.24, 2.45) is 10.7 Å². The number of nitrogens with zero attached hydrogens (tertiary/aromatic N) is 4. The second kappa shape index (κ2) is 9.23. The van der Waals surface area contributed by atoms with E-state index in [4.69, 9.17) is 5.73 Å². The van der Waals surface area contributed by atoms with Crippen LogP contribution >= 0.6 is 0 Å². The van der Waals surface area contributed by atoms with E-state index in [2.05, 4.69) is 44.5 Å². The Morgan fingerprint density at radius 1 is 1.06 bits per heavy atom. The van der Waals surface area contributed by atoms with Gasteiger partial charge < -0.3 is 16.0 Å². The fourth-order valence-electron chi connectivity index (χ4n) is 5.44. The van der Waals surface area contributed by atoms with Gasteiger partial charge in [0, 0.05) is 25.8 Å². The highest BCUT2D eigenvalue weighted by atomic mass is 16.2. The van der Waals surface area contributed by atoms with Gasteiger partial charge in [0.1, 0.15) is 5.82 Å². The number of amidine groups is 1. The highest BCUT2D eigenvalue weighted by molar-refractivity contribution is 6.21. The van der Waals surface area contributed by atoms with Gasteiger partial charge in [-0.1, -0.05) is 42.5 Å². The van der Waals surface area contributed by atoms with Gasteiger partial charge in [-0.15, -0.1) is 0 Å². The summed E-state index contributed by atoms with van der Waals surface area (Å²) in [6.07, 6.45) is 3.59. The van der Waals surface area contributed by atoms with E-state index in [0.29, 0.717) is 11.4 Å². The van der Waals surface area contributed by atoms with Crippen LogP contribution in [-0.4, -0.2) is 46.8 Å². The molecule has 1 amide bonds. The Bertz CT molecular complexity index is 1240. The first-order valence-electron chi connectivity index (χ1n) is 12.4. The molecule has 1 unspecified atom stereocenters. The molecule has 1 fully saturated rings. The number of nitrogens with one attached hydrogen (secondary N) is 1. The van der Waals surface area contributed by atoms with E-state index in [0.717, 1.165) is 41.4 Å². The molecule has 1 atom stereocenters. The maximum absolute atomic E-state index is 14.1. The topological polar surface area (TPSA) is 77.2 Å². The predicted molar refractivity (Wildman–Crippen MR) is 140 cm³/mol. The lowest BCUT2D eigenvalue weighted by Gasteiger charge is -2.35. The van der Waals surface area contributed by atoms with Crippen molar-refractivity contribution in [1.29, 1.82) is 0 Å². The van der Waals surface area contributed by atoms with Crippen molar-refractivity contribution >= 4 is 23.0 Å². The molecule has 0 bridgehead atoms. The van der Waals surface area contributed by atoms with E-state index in [-0.39, 0.29) is 11.9 Å². The van der Waals surface area contributed by atoms with Gasteiger partial charge >= 0.3 is 0 Å². The first-order chi connectivity index (χ1) is 16.9. The largest absolute Gasteiger partial charge is 0.387 e. The number of hydrogen-bond acceptors (Lipinski definition) is 5. The smallest absolute Gasteiger partial charge is 0.276 e. The minimum atomic E-state index is -0.0361. The zero-order valence-electron chi connectivity index (χ0n) is 21.0. The summed E-state index contributed by atoms with van der Waals surface area (Å²) in [7, 11) is 2.01. The Hall–Kier alpha value is -3.58. The number of likely N-dealkylation sites (N-methyl/N-ethyl adjacent to an activating group) is 1. The summed E-state index contributed by atoms with van der Waals surface area (Å²) < 4.78 is 0. The molecular formula is C28H34N6O. The van der Waals surface area contributed by atoms with E-state index < -0.39 is 0 Å². The molecule has 1 saturated heterocycles. The van der Waals surface area contributed by atoms with Gasteiger partial charge in [0.15, 0.2) is 0 Å². The van der Waals surface area contributed by atoms with Crippen molar-refractivity contribution < 1.29 is 4.79 Å². The first-order valence-corrected chi connectivity index (χ1v) is 12.4. The van der Waals surface area contributed by atoms with Gasteiger partial charge in [0.05, 0.1) is 28.8 Å². The lowest BCUT2D eigenvalue weighted by molar-refractivity contribution is -0.136. The van der Waals surface area contributed by atoms with Gasteiger partial charge in [-0.05, 0) is 62.8 Å². The van der Waals surface area contributed by atoms with E-state index >= 15 is 0 Å². The Morgan fingerprint density at radius 3 is 2.46 bits per heavy atom. The molecule has 0 saturated carbocycles. The normalized spacial score (nSPS) is 21.5. The minimum absolute atomic E-state index is 0.0325. The van der Waals surface area contributed by atoms with Crippen LogP contribution < -0.4 is 11.1 Å². The van der Waals surface area contributed by atoms with Crippen molar-refractivity contribution in [2.45, 2.75) is 46.1 Å². The van der Waals surface area contributed by atoms with Crippen LogP contribution in [0.4, 0.5) is 5.69 Å². The van der Waals surface area contributed by atoms with Crippen molar-refractivity contribution in [3.05, 3.63) is 82.4 Å². The standard InChI is InChI=1S/C28H34N6O/c1-18-13-14-22(17-23(18)31-20(3)29)24-19(2)30-27-26(33-15-9-6-10-16-33)25(21-11-7-5-8-12-21)32(4)34(27)28(24)35/h5,7-8,11-14,17,25,30H,6,9-10,15-16H2,1-4H3,(H2,29,31). The number of rotatable bonds is 4. The van der Waals surface area contributed by atoms with Gasteiger partial charge in [0.25, 0.3) is 5.91 Å². The quantitative estimate of drug-likeness (QED) is 0.511. The van der Waals surface area contributed by atoms with Crippen molar-refractivity contribution in [3.8, 4) is 0 Å². The van der Waals surface area contributed by atoms with Gasteiger partial charge in [0.2, 0.25) is 0 Å². The second-order valence-electron chi connectivity index (χ2n) is 9.66. The molecule has 5 rings (SSSR count). The van der Waals surface area contributed by atoms with Crippen molar-refractivity contribution in [1.82, 2.24) is 20.2 Å². The summed E-state index contributed by atoms with van der Waals surface area (Å²) in [6.45, 7) is 7.77. The number of hydrogen-bond donors (Lipinski definition) is 2. The molecule has 2 aromatic rings. The second-order valence-corrected chi connectivity index (χ2v) is 9.66. The maximum atomic E-state index is 14.1. The van der Waals surface area contributed by atoms with Crippen LogP contribution in [0.5, 0.6) is 0 Å². The average Bonchev–Trinajstić information content (AvgIpc) is 3.13. The molecule has 3 N–H and O–H groups in total. The van der Waals surface area contributed by atoms with Crippen LogP contribution in [-0.2, 0) is 4.79 Å². The number of fused-ring (bicyclic) bond motifs is 1. The number of piperidine rings is 1. The maximum Gasteiger partial charge on any atom is 0.276 e. The van der Waals surface area contributed by atoms with E-state index in [1.54, 1.807) is 6.92 Å². The van der Waals surface area contributed by atoms with Crippen LogP contribution in [0.15, 0.2) is 70.7 Å². The van der Waals surface area contributed by atoms with Gasteiger partial charge in [-0.2, -0.15) is 0 Å². The minimum Gasteiger partial charge on any atom is -0.387 e. The zero-order chi connectivity index (χ0) is 24.7. The summed E-state index contributed by atoms with van der Waals surface area (Å²) >= 11 is 0. The van der Waals surface area contributed by atoms with E-state index in [9.17, 15) is 4.79 Å². The lowest BCUT2D eigenvalue weighted by atomic mass is 9.98. The molecular weight excluding hydrogens is 436 g/mol. The molecule has 7 heteroatoms. The molecule has 0 spiro atoms. The number of amides is 1. The van der Waals surface area contributed by atoms with Crippen molar-refractivity contribution in [3.63, 3.8) is 0 Å². The fourth-order valence-corrected chi connectivity index (χ4v) is 5.44. The number of aryl methyl sites for hydroxylation is 1. The summed E-state index contributed by atoms with van der Waals surface area (Å²) in [5.74, 6) is 1.33. The molecule has 0 radical (unpaired) electrons. The number of carbonyl (C=O) groups is 1. The third kappa shape index (κ3) is 4.10. The SMILES string of the molecule is CC(N)=Nc1cc(C2=C(C)NC3=C(N4CCCCC4)C(c4ccccc4)N(C)N3C2=O)ccc1C. The summed E-state index contributed by atoms with van der Waals surface area (Å²) in [5.41, 5.74) is 12.3. The number of likely N-dealkylation sites (tertiary alicyclic amines) is 1. The first kappa shape index (κ1) is 23.2. The molecule has 3 aliphatic heterocycles. The highest BCUT2D eigenvalue weighted by Crippen LogP contribution is 2.44. The Balaban J connectivity index is 1.61. The van der Waals surface area contributed by atoms with Crippen LogP contribution in [0, 0.1) is 6.92 Å². The predicted octanol–water partition coefficient (Wildman–Crippen LogP) is 4.42. The third-order valence-corrected chi connectivity index (χ3v) is 7.10. The summed E-state index contributed by atoms with van der Waals surface area (Å²) in [4.78, 5) is 21.1. The monoisotopic (exact) mass is 470 g/mol. The summed E-state index contributed by atoms with van der Waals surface area (Å²) in [5, 5.41) is 7.53. The Kier molecular flexibility index (Phi) is 6.11. The molecule has 0 aromatic heterocycles. The van der Waals surface area contributed by atoms with Crippen LogP contribution in [0.2, 0.25) is 0 Å². The molecule has 182 valence electrons. The lowest BCUT2D eigenvalue weighted by Crippen LogP contribution is -2.47. The number of allylic oxidation sites excluding steroid dienone is 1. The van der Waals surface area contributed by atoms with Crippen LogP contribution in [0.3, 0.4) is 0 Å². The van der Waals surface area contributed by atoms with E-state index in [1.165, 1.54) is 30.5 Å². The fraction of sp³-hybridized carbons (Fsp3) is 0.357. The van der Waals surface area contributed by atoms with Crippen LogP contribution in [0.25, 0.3) is 5.57 Å². The highest BCUT2D eigenvalue weighted by Gasteiger charge is 2.46. The number of benzene rings is 2. The molecule has 3 heterocycles. The van der Waals surface area contributed by atoms with E-state index in [1.807, 2.05) is 50.2 Å². The van der Waals surface area contributed by atoms with Crippen molar-refractivity contribution in [2.75, 3.05) is 20.1 Å². The third-order valence-electron chi connectivity index (χ3n) is 7.10. The average molecular weight is 471 g/mol. The molecule has 2 aromatic carbocycles.